The maximum atomic E-state index is 11.8. The Labute approximate surface area is 161 Å². The van der Waals surface area contributed by atoms with Gasteiger partial charge in [0, 0.05) is 23.7 Å². The monoisotopic (exact) mass is 374 g/mol. The molecule has 0 aliphatic rings. The second-order valence-corrected chi connectivity index (χ2v) is 6.16. The lowest BCUT2D eigenvalue weighted by molar-refractivity contribution is 0.0593. The van der Waals surface area contributed by atoms with Gasteiger partial charge < -0.3 is 9.47 Å². The number of carbonyl (C=O) groups excluding carboxylic acids is 1. The summed E-state index contributed by atoms with van der Waals surface area (Å²) in [5.74, 6) is 0.205. The van der Waals surface area contributed by atoms with Gasteiger partial charge in [0.05, 0.1) is 43.5 Å². The molecular formula is C21H18N4O3. The van der Waals surface area contributed by atoms with Gasteiger partial charge in [-0.05, 0) is 12.1 Å². The van der Waals surface area contributed by atoms with Crippen LogP contribution in [0.2, 0.25) is 0 Å². The van der Waals surface area contributed by atoms with Crippen molar-refractivity contribution >= 4 is 11.5 Å². The lowest BCUT2D eigenvalue weighted by Gasteiger charge is -2.05. The van der Waals surface area contributed by atoms with Crippen molar-refractivity contribution in [3.8, 4) is 17.0 Å². The molecule has 0 amide bonds. The van der Waals surface area contributed by atoms with Crippen LogP contribution in [0, 0.1) is 0 Å². The number of hydrogen-bond donors (Lipinski definition) is 0. The van der Waals surface area contributed by atoms with Crippen molar-refractivity contribution in [3.05, 3.63) is 78.0 Å². The minimum atomic E-state index is -0.512. The fraction of sp³-hybridized carbons (Fsp3) is 0.143. The van der Waals surface area contributed by atoms with Crippen LogP contribution in [-0.2, 0) is 11.2 Å². The molecule has 4 aromatic rings. The molecule has 3 aromatic heterocycles. The number of hydrogen-bond acceptors (Lipinski definition) is 6. The highest BCUT2D eigenvalue weighted by Crippen LogP contribution is 2.29. The Balaban J connectivity index is 1.84. The number of carbonyl (C=O) groups is 1. The summed E-state index contributed by atoms with van der Waals surface area (Å²) < 4.78 is 11.9. The van der Waals surface area contributed by atoms with Crippen molar-refractivity contribution in [2.45, 2.75) is 6.42 Å². The number of pyridine rings is 1. The minimum absolute atomic E-state index is 0.180. The molecule has 7 nitrogen and oxygen atoms in total. The molecule has 3 heterocycles. The highest BCUT2D eigenvalue weighted by Gasteiger charge is 2.17. The van der Waals surface area contributed by atoms with E-state index in [2.05, 4.69) is 9.97 Å². The summed E-state index contributed by atoms with van der Waals surface area (Å²) in [6.45, 7) is 0. The second-order valence-electron chi connectivity index (χ2n) is 6.16. The number of methoxy groups -OCH3 is 2. The molecule has 0 aliphatic heterocycles. The van der Waals surface area contributed by atoms with E-state index in [1.165, 1.54) is 13.3 Å². The van der Waals surface area contributed by atoms with Gasteiger partial charge in [-0.25, -0.2) is 14.3 Å². The van der Waals surface area contributed by atoms with Gasteiger partial charge in [0.25, 0.3) is 0 Å². The molecule has 140 valence electrons. The Bertz CT molecular complexity index is 1140. The zero-order valence-electron chi connectivity index (χ0n) is 15.5. The van der Waals surface area contributed by atoms with Crippen LogP contribution in [0.1, 0.15) is 21.7 Å². The van der Waals surface area contributed by atoms with Gasteiger partial charge >= 0.3 is 5.97 Å². The van der Waals surface area contributed by atoms with Crippen molar-refractivity contribution in [1.29, 1.82) is 0 Å². The maximum absolute atomic E-state index is 11.8. The van der Waals surface area contributed by atoms with Gasteiger partial charge in [0.1, 0.15) is 5.75 Å². The van der Waals surface area contributed by atoms with Gasteiger partial charge in [-0.2, -0.15) is 5.10 Å². The van der Waals surface area contributed by atoms with Crippen LogP contribution in [0.3, 0.4) is 0 Å². The van der Waals surface area contributed by atoms with E-state index < -0.39 is 5.97 Å². The molecule has 7 heteroatoms. The average molecular weight is 374 g/mol. The third-order valence-corrected chi connectivity index (χ3v) is 4.42. The molecule has 0 N–H and O–H groups in total. The summed E-state index contributed by atoms with van der Waals surface area (Å²) in [6, 6.07) is 13.8. The number of esters is 1. The molecule has 0 saturated heterocycles. The molecular weight excluding hydrogens is 356 g/mol. The number of fused-ring (bicyclic) bond motifs is 1. The molecule has 0 fully saturated rings. The number of nitrogens with zero attached hydrogens (tertiary/aromatic N) is 4. The largest absolute Gasteiger partial charge is 0.495 e. The molecule has 0 radical (unpaired) electrons. The molecule has 0 bridgehead atoms. The lowest BCUT2D eigenvalue weighted by atomic mass is 10.0. The highest BCUT2D eigenvalue weighted by molar-refractivity contribution is 5.86. The Morgan fingerprint density at radius 1 is 1.07 bits per heavy atom. The Kier molecular flexibility index (Phi) is 4.72. The third kappa shape index (κ3) is 3.29. The topological polar surface area (TPSA) is 78.6 Å². The first-order valence-electron chi connectivity index (χ1n) is 8.69. The Morgan fingerprint density at radius 3 is 2.64 bits per heavy atom. The number of aromatic nitrogens is 4. The van der Waals surface area contributed by atoms with Gasteiger partial charge in [0.15, 0.2) is 5.69 Å². The van der Waals surface area contributed by atoms with E-state index in [-0.39, 0.29) is 5.69 Å². The number of rotatable bonds is 5. The van der Waals surface area contributed by atoms with Crippen LogP contribution in [0.25, 0.3) is 16.8 Å². The summed E-state index contributed by atoms with van der Waals surface area (Å²) in [7, 11) is 2.94. The standard InChI is InChI=1S/C21H18N4O3/c1-27-16-8-9-19-17(10-15-11-22-12-18(23-15)21(26)28-2)20(24-25(19)13-16)14-6-4-3-5-7-14/h3-9,11-13H,10H2,1-2H3. The first kappa shape index (κ1) is 17.7. The van der Waals surface area contributed by atoms with Crippen molar-refractivity contribution in [3.63, 3.8) is 0 Å². The van der Waals surface area contributed by atoms with Gasteiger partial charge in [-0.3, -0.25) is 4.98 Å². The first-order chi connectivity index (χ1) is 13.7. The van der Waals surface area contributed by atoms with Crippen molar-refractivity contribution in [2.75, 3.05) is 14.2 Å². The smallest absolute Gasteiger partial charge is 0.358 e. The summed E-state index contributed by atoms with van der Waals surface area (Å²) in [5.41, 5.74) is 4.61. The molecule has 0 unspecified atom stereocenters. The normalized spacial score (nSPS) is 10.8. The molecule has 28 heavy (non-hydrogen) atoms. The van der Waals surface area contributed by atoms with E-state index in [0.717, 1.165) is 22.3 Å². The predicted molar refractivity (Wildman–Crippen MR) is 103 cm³/mol. The molecule has 0 atom stereocenters. The van der Waals surface area contributed by atoms with Gasteiger partial charge in [0.2, 0.25) is 0 Å². The summed E-state index contributed by atoms with van der Waals surface area (Å²) in [4.78, 5) is 20.3. The molecule has 1 aromatic carbocycles. The summed E-state index contributed by atoms with van der Waals surface area (Å²) in [6.07, 6.45) is 5.35. The molecule has 0 spiro atoms. The predicted octanol–water partition coefficient (Wildman–Crippen LogP) is 3.18. The summed E-state index contributed by atoms with van der Waals surface area (Å²) in [5, 5.41) is 4.76. The van der Waals surface area contributed by atoms with E-state index in [9.17, 15) is 4.79 Å². The van der Waals surface area contributed by atoms with Crippen LogP contribution >= 0.6 is 0 Å². The van der Waals surface area contributed by atoms with E-state index in [0.29, 0.717) is 17.9 Å². The zero-order chi connectivity index (χ0) is 19.5. The molecule has 0 saturated carbocycles. The van der Waals surface area contributed by atoms with E-state index in [1.807, 2.05) is 48.7 Å². The molecule has 4 rings (SSSR count). The van der Waals surface area contributed by atoms with Crippen LogP contribution in [0.5, 0.6) is 5.75 Å². The fourth-order valence-corrected chi connectivity index (χ4v) is 3.08. The second kappa shape index (κ2) is 7.48. The first-order valence-corrected chi connectivity index (χ1v) is 8.69. The van der Waals surface area contributed by atoms with Gasteiger partial charge in [-0.1, -0.05) is 30.3 Å². The van der Waals surface area contributed by atoms with E-state index >= 15 is 0 Å². The maximum Gasteiger partial charge on any atom is 0.358 e. The van der Waals surface area contributed by atoms with Crippen LogP contribution in [0.15, 0.2) is 61.1 Å². The number of benzene rings is 1. The number of ether oxygens (including phenoxy) is 2. The summed E-state index contributed by atoms with van der Waals surface area (Å²) >= 11 is 0. The SMILES string of the molecule is COC(=O)c1cncc(Cc2c(-c3ccccc3)nn3cc(OC)ccc23)n1. The minimum Gasteiger partial charge on any atom is -0.495 e. The van der Waals surface area contributed by atoms with Crippen LogP contribution < -0.4 is 4.74 Å². The van der Waals surface area contributed by atoms with Crippen molar-refractivity contribution < 1.29 is 14.3 Å². The van der Waals surface area contributed by atoms with Crippen LogP contribution in [0.4, 0.5) is 0 Å². The van der Waals surface area contributed by atoms with Crippen molar-refractivity contribution in [1.82, 2.24) is 19.6 Å². The van der Waals surface area contributed by atoms with E-state index in [4.69, 9.17) is 14.6 Å². The van der Waals surface area contributed by atoms with Crippen molar-refractivity contribution in [2.24, 2.45) is 0 Å². The Morgan fingerprint density at radius 2 is 1.89 bits per heavy atom. The molecule has 0 aliphatic carbocycles. The van der Waals surface area contributed by atoms with E-state index in [1.54, 1.807) is 17.8 Å². The fourth-order valence-electron chi connectivity index (χ4n) is 3.08. The van der Waals surface area contributed by atoms with Crippen LogP contribution in [-0.4, -0.2) is 39.8 Å². The Hall–Kier alpha value is -3.74. The zero-order valence-corrected chi connectivity index (χ0v) is 15.5. The lowest BCUT2D eigenvalue weighted by Crippen LogP contribution is -2.07. The highest BCUT2D eigenvalue weighted by atomic mass is 16.5. The third-order valence-electron chi connectivity index (χ3n) is 4.42. The average Bonchev–Trinajstić information content (AvgIpc) is 3.11. The van der Waals surface area contributed by atoms with Gasteiger partial charge in [-0.15, -0.1) is 0 Å². The quantitative estimate of drug-likeness (QED) is 0.499.